The van der Waals surface area contributed by atoms with E-state index in [2.05, 4.69) is 0 Å². The average Bonchev–Trinajstić information content (AvgIpc) is 1.82. The van der Waals surface area contributed by atoms with Crippen LogP contribution in [-0.2, 0) is 0 Å². The summed E-state index contributed by atoms with van der Waals surface area (Å²) < 4.78 is 0. The molecule has 1 rings (SSSR count). The first kappa shape index (κ1) is 12.6. The van der Waals surface area contributed by atoms with Crippen molar-refractivity contribution in [2.75, 3.05) is 0 Å². The van der Waals surface area contributed by atoms with Gasteiger partial charge in [0.1, 0.15) is 0 Å². The van der Waals surface area contributed by atoms with E-state index in [1.54, 1.807) is 0 Å². The Morgan fingerprint density at radius 2 is 1.54 bits per heavy atom. The molecule has 0 aliphatic carbocycles. The van der Waals surface area contributed by atoms with E-state index < -0.39 is 5.97 Å². The molecule has 70 valence electrons. The van der Waals surface area contributed by atoms with Crippen molar-refractivity contribution in [3.63, 3.8) is 0 Å². The monoisotopic (exact) mass is 282 g/mol. The summed E-state index contributed by atoms with van der Waals surface area (Å²) in [6.45, 7) is 5.61. The van der Waals surface area contributed by atoms with Gasteiger partial charge in [-0.1, -0.05) is 17.7 Å². The quantitative estimate of drug-likeness (QED) is 0.838. The normalized spacial score (nSPS) is 9.15. The molecule has 0 saturated heterocycles. The van der Waals surface area contributed by atoms with E-state index in [0.717, 1.165) is 16.7 Å². The van der Waals surface area contributed by atoms with E-state index in [9.17, 15) is 4.79 Å². The Morgan fingerprint density at radius 3 is 1.85 bits per heavy atom. The Morgan fingerprint density at radius 1 is 1.15 bits per heavy atom. The molecule has 0 unspecified atom stereocenters. The van der Waals surface area contributed by atoms with Gasteiger partial charge in [0.2, 0.25) is 0 Å². The van der Waals surface area contributed by atoms with Gasteiger partial charge in [0.25, 0.3) is 0 Å². The van der Waals surface area contributed by atoms with Crippen molar-refractivity contribution in [3.05, 3.63) is 34.4 Å². The van der Waals surface area contributed by atoms with Crippen LogP contribution in [0.1, 0.15) is 27.0 Å². The number of rotatable bonds is 1. The SMILES string of the molecule is Cc1cc(C)c(C(=O)O)c(C)c1.[InH3]. The molecule has 13 heavy (non-hydrogen) atoms. The summed E-state index contributed by atoms with van der Waals surface area (Å²) in [6, 6.07) is 3.77. The molecular formula is C10H15InO2. The van der Waals surface area contributed by atoms with E-state index in [1.165, 1.54) is 0 Å². The maximum atomic E-state index is 10.8. The molecular weight excluding hydrogens is 267 g/mol. The molecule has 0 aliphatic rings. The summed E-state index contributed by atoms with van der Waals surface area (Å²) >= 11 is 0. The number of benzene rings is 1. The number of hydrogen-bond acceptors (Lipinski definition) is 1. The molecule has 0 amide bonds. The molecule has 0 spiro atoms. The van der Waals surface area contributed by atoms with Crippen LogP contribution in [-0.4, -0.2) is 36.9 Å². The summed E-state index contributed by atoms with van der Waals surface area (Å²) in [4.78, 5) is 10.8. The average molecular weight is 282 g/mol. The van der Waals surface area contributed by atoms with Crippen LogP contribution < -0.4 is 0 Å². The first-order valence-corrected chi connectivity index (χ1v) is 3.83. The third-order valence-corrected chi connectivity index (χ3v) is 1.89. The topological polar surface area (TPSA) is 37.3 Å². The molecule has 0 aliphatic heterocycles. The van der Waals surface area contributed by atoms with Crippen molar-refractivity contribution in [1.82, 2.24) is 0 Å². The molecule has 1 aromatic carbocycles. The molecule has 0 radical (unpaired) electrons. The van der Waals surface area contributed by atoms with Gasteiger partial charge in [-0.3, -0.25) is 0 Å². The van der Waals surface area contributed by atoms with Crippen LogP contribution in [0.25, 0.3) is 0 Å². The van der Waals surface area contributed by atoms with Gasteiger partial charge in [-0.05, 0) is 31.9 Å². The van der Waals surface area contributed by atoms with Crippen molar-refractivity contribution >= 4 is 31.8 Å². The molecule has 3 heteroatoms. The fourth-order valence-corrected chi connectivity index (χ4v) is 1.52. The van der Waals surface area contributed by atoms with Crippen LogP contribution in [0.2, 0.25) is 0 Å². The minimum atomic E-state index is -0.843. The van der Waals surface area contributed by atoms with Gasteiger partial charge in [-0.2, -0.15) is 0 Å². The first-order valence-electron chi connectivity index (χ1n) is 3.83. The van der Waals surface area contributed by atoms with Crippen LogP contribution in [0.4, 0.5) is 0 Å². The zero-order chi connectivity index (χ0) is 9.30. The van der Waals surface area contributed by atoms with E-state index in [4.69, 9.17) is 5.11 Å². The zero-order valence-corrected chi connectivity index (χ0v) is 7.51. The van der Waals surface area contributed by atoms with E-state index in [-0.39, 0.29) is 25.8 Å². The Labute approximate surface area is 96.8 Å². The van der Waals surface area contributed by atoms with Gasteiger partial charge in [-0.25, -0.2) is 4.79 Å². The second-order valence-corrected chi connectivity index (χ2v) is 3.08. The Bertz CT molecular complexity index is 309. The van der Waals surface area contributed by atoms with Gasteiger partial charge in [-0.15, -0.1) is 0 Å². The summed E-state index contributed by atoms with van der Waals surface area (Å²) in [6.07, 6.45) is 0. The zero-order valence-electron chi connectivity index (χ0n) is 7.51. The van der Waals surface area contributed by atoms with Crippen LogP contribution in [0.5, 0.6) is 0 Å². The van der Waals surface area contributed by atoms with Crippen molar-refractivity contribution < 1.29 is 9.90 Å². The maximum absolute atomic E-state index is 10.8. The molecule has 0 aromatic heterocycles. The third kappa shape index (κ3) is 2.76. The number of carbonyl (C=O) groups is 1. The van der Waals surface area contributed by atoms with Crippen LogP contribution in [0, 0.1) is 20.8 Å². The summed E-state index contributed by atoms with van der Waals surface area (Å²) in [5.41, 5.74) is 3.20. The number of carboxylic acids is 1. The van der Waals surface area contributed by atoms with E-state index in [0.29, 0.717) is 5.56 Å². The van der Waals surface area contributed by atoms with Crippen molar-refractivity contribution in [3.8, 4) is 0 Å². The molecule has 1 aromatic rings. The molecule has 0 bridgehead atoms. The minimum absolute atomic E-state index is 0. The summed E-state index contributed by atoms with van der Waals surface area (Å²) in [7, 11) is 0. The van der Waals surface area contributed by atoms with Gasteiger partial charge in [0.15, 0.2) is 0 Å². The molecule has 1 N–H and O–H groups in total. The van der Waals surface area contributed by atoms with Crippen LogP contribution in [0.15, 0.2) is 12.1 Å². The third-order valence-electron chi connectivity index (χ3n) is 1.89. The van der Waals surface area contributed by atoms with Gasteiger partial charge >= 0.3 is 31.8 Å². The Balaban J connectivity index is 0.00000144. The second kappa shape index (κ2) is 4.70. The Kier molecular flexibility index (Phi) is 4.54. The summed E-state index contributed by atoms with van der Waals surface area (Å²) in [5, 5.41) is 8.84. The van der Waals surface area contributed by atoms with E-state index >= 15 is 0 Å². The molecule has 0 atom stereocenters. The predicted molar refractivity (Wildman–Crippen MR) is 57.6 cm³/mol. The molecule has 0 fully saturated rings. The van der Waals surface area contributed by atoms with Crippen molar-refractivity contribution in [2.24, 2.45) is 0 Å². The second-order valence-electron chi connectivity index (χ2n) is 3.08. The fourth-order valence-electron chi connectivity index (χ4n) is 1.52. The van der Waals surface area contributed by atoms with Gasteiger partial charge in [0, 0.05) is 0 Å². The number of carboxylic acid groups (broad SMARTS) is 1. The standard InChI is InChI=1S/C10H12O2.In.3H/c1-6-4-7(2)9(10(11)12)8(3)5-6;;;;/h4-5H,1-3H3,(H,11,12);;;;. The van der Waals surface area contributed by atoms with E-state index in [1.807, 2.05) is 32.9 Å². The summed E-state index contributed by atoms with van der Waals surface area (Å²) in [5.74, 6) is -0.843. The first-order chi connectivity index (χ1) is 5.52. The number of aryl methyl sites for hydroxylation is 3. The molecule has 2 nitrogen and oxygen atoms in total. The van der Waals surface area contributed by atoms with Gasteiger partial charge in [0.05, 0.1) is 5.56 Å². The van der Waals surface area contributed by atoms with Crippen molar-refractivity contribution in [2.45, 2.75) is 20.8 Å². The van der Waals surface area contributed by atoms with Crippen LogP contribution >= 0.6 is 0 Å². The predicted octanol–water partition coefficient (Wildman–Crippen LogP) is 1.13. The fraction of sp³-hybridized carbons (Fsp3) is 0.300. The Hall–Kier alpha value is -0.440. The molecule has 0 saturated carbocycles. The van der Waals surface area contributed by atoms with Crippen molar-refractivity contribution in [1.29, 1.82) is 0 Å². The van der Waals surface area contributed by atoms with Gasteiger partial charge < -0.3 is 5.11 Å². The van der Waals surface area contributed by atoms with Crippen LogP contribution in [0.3, 0.4) is 0 Å². The number of aromatic carboxylic acids is 1. The number of hydrogen-bond donors (Lipinski definition) is 1. The molecule has 0 heterocycles.